The second-order valence-electron chi connectivity index (χ2n) is 5.64. The van der Waals surface area contributed by atoms with Gasteiger partial charge in [0.25, 0.3) is 5.91 Å². The number of nitrogens with one attached hydrogen (secondary N) is 1. The van der Waals surface area contributed by atoms with Crippen LogP contribution in [0.2, 0.25) is 0 Å². The fourth-order valence-corrected chi connectivity index (χ4v) is 2.19. The van der Waals surface area contributed by atoms with Crippen LogP contribution in [0.25, 0.3) is 0 Å². The Bertz CT molecular complexity index is 725. The molecular formula is C19H21NO4. The molecule has 5 heteroatoms. The molecule has 24 heavy (non-hydrogen) atoms. The minimum atomic E-state index is -0.288. The maximum Gasteiger partial charge on any atom is 0.262 e. The van der Waals surface area contributed by atoms with Gasteiger partial charge in [-0.05, 0) is 41.8 Å². The summed E-state index contributed by atoms with van der Waals surface area (Å²) in [6.07, 6.45) is 0.669. The molecule has 1 N–H and O–H groups in total. The Labute approximate surface area is 141 Å². The standard InChI is InChI=1S/C19H21NO4/c1-13(2)14-5-4-6-16(9-14)20-19(22)12-24-18-8-7-17(23-3)10-15(18)11-21/h4-11,13H,12H2,1-3H3,(H,20,22). The highest BCUT2D eigenvalue weighted by atomic mass is 16.5. The minimum absolute atomic E-state index is 0.181. The van der Waals surface area contributed by atoms with Crippen LogP contribution in [0.3, 0.4) is 0 Å². The first kappa shape index (κ1) is 17.5. The molecule has 0 unspecified atom stereocenters. The zero-order chi connectivity index (χ0) is 17.5. The highest BCUT2D eigenvalue weighted by molar-refractivity contribution is 5.92. The number of methoxy groups -OCH3 is 1. The summed E-state index contributed by atoms with van der Waals surface area (Å²) in [5.74, 6) is 0.993. The summed E-state index contributed by atoms with van der Waals surface area (Å²) < 4.78 is 10.5. The lowest BCUT2D eigenvalue weighted by Gasteiger charge is -2.11. The van der Waals surface area contributed by atoms with Crippen molar-refractivity contribution in [2.45, 2.75) is 19.8 Å². The number of rotatable bonds is 7. The van der Waals surface area contributed by atoms with Crippen molar-refractivity contribution in [3.8, 4) is 11.5 Å². The molecular weight excluding hydrogens is 306 g/mol. The molecule has 0 saturated heterocycles. The first-order chi connectivity index (χ1) is 11.5. The van der Waals surface area contributed by atoms with Crippen molar-refractivity contribution in [1.82, 2.24) is 0 Å². The predicted octanol–water partition coefficient (Wildman–Crippen LogP) is 3.65. The van der Waals surface area contributed by atoms with E-state index in [1.807, 2.05) is 24.3 Å². The smallest absolute Gasteiger partial charge is 0.262 e. The molecule has 0 aliphatic heterocycles. The Morgan fingerprint density at radius 2 is 2.00 bits per heavy atom. The zero-order valence-corrected chi connectivity index (χ0v) is 14.0. The van der Waals surface area contributed by atoms with E-state index in [0.717, 1.165) is 11.3 Å². The molecule has 5 nitrogen and oxygen atoms in total. The Morgan fingerprint density at radius 1 is 1.21 bits per heavy atom. The Hall–Kier alpha value is -2.82. The quantitative estimate of drug-likeness (QED) is 0.788. The van der Waals surface area contributed by atoms with E-state index in [9.17, 15) is 9.59 Å². The van der Waals surface area contributed by atoms with E-state index in [0.29, 0.717) is 29.3 Å². The van der Waals surface area contributed by atoms with Gasteiger partial charge in [-0.2, -0.15) is 0 Å². The third kappa shape index (κ3) is 4.59. The monoisotopic (exact) mass is 327 g/mol. The van der Waals surface area contributed by atoms with Crippen LogP contribution in [0, 0.1) is 0 Å². The number of aldehydes is 1. The molecule has 0 saturated carbocycles. The molecule has 0 bridgehead atoms. The molecule has 0 aliphatic rings. The first-order valence-corrected chi connectivity index (χ1v) is 7.69. The molecule has 2 aromatic rings. The van der Waals surface area contributed by atoms with Crippen molar-refractivity contribution in [2.24, 2.45) is 0 Å². The highest BCUT2D eigenvalue weighted by Gasteiger charge is 2.09. The van der Waals surface area contributed by atoms with Gasteiger partial charge < -0.3 is 14.8 Å². The number of carbonyl (C=O) groups is 2. The largest absolute Gasteiger partial charge is 0.497 e. The normalized spacial score (nSPS) is 10.3. The molecule has 0 aromatic heterocycles. The van der Waals surface area contributed by atoms with E-state index in [-0.39, 0.29) is 12.5 Å². The third-order valence-corrected chi connectivity index (χ3v) is 3.54. The molecule has 2 rings (SSSR count). The van der Waals surface area contributed by atoms with Gasteiger partial charge in [0.2, 0.25) is 0 Å². The Balaban J connectivity index is 1.98. The van der Waals surface area contributed by atoms with Crippen LogP contribution >= 0.6 is 0 Å². The summed E-state index contributed by atoms with van der Waals surface area (Å²) in [5.41, 5.74) is 2.20. The summed E-state index contributed by atoms with van der Waals surface area (Å²) in [4.78, 5) is 23.1. The van der Waals surface area contributed by atoms with Crippen LogP contribution < -0.4 is 14.8 Å². The van der Waals surface area contributed by atoms with Gasteiger partial charge in [0.05, 0.1) is 12.7 Å². The van der Waals surface area contributed by atoms with Crippen LogP contribution in [0.5, 0.6) is 11.5 Å². The maximum atomic E-state index is 12.0. The average Bonchev–Trinajstić information content (AvgIpc) is 2.60. The first-order valence-electron chi connectivity index (χ1n) is 7.69. The van der Waals surface area contributed by atoms with Crippen LogP contribution in [0.4, 0.5) is 5.69 Å². The van der Waals surface area contributed by atoms with Crippen molar-refractivity contribution in [1.29, 1.82) is 0 Å². The molecule has 2 aromatic carbocycles. The number of ether oxygens (including phenoxy) is 2. The van der Waals surface area contributed by atoms with Gasteiger partial charge in [0.1, 0.15) is 11.5 Å². The van der Waals surface area contributed by atoms with Crippen molar-refractivity contribution in [2.75, 3.05) is 19.0 Å². The lowest BCUT2D eigenvalue weighted by atomic mass is 10.0. The Kier molecular flexibility index (Phi) is 5.95. The number of hydrogen-bond acceptors (Lipinski definition) is 4. The maximum absolute atomic E-state index is 12.0. The van der Waals surface area contributed by atoms with Crippen molar-refractivity contribution in [3.05, 3.63) is 53.6 Å². The zero-order valence-electron chi connectivity index (χ0n) is 14.0. The molecule has 0 spiro atoms. The minimum Gasteiger partial charge on any atom is -0.497 e. The van der Waals surface area contributed by atoms with E-state index >= 15 is 0 Å². The average molecular weight is 327 g/mol. The molecule has 0 fully saturated rings. The van der Waals surface area contributed by atoms with Gasteiger partial charge in [-0.25, -0.2) is 0 Å². The molecule has 126 valence electrons. The number of hydrogen-bond donors (Lipinski definition) is 1. The number of benzene rings is 2. The highest BCUT2D eigenvalue weighted by Crippen LogP contribution is 2.23. The topological polar surface area (TPSA) is 64.6 Å². The van der Waals surface area contributed by atoms with E-state index in [1.165, 1.54) is 7.11 Å². The SMILES string of the molecule is COc1ccc(OCC(=O)Nc2cccc(C(C)C)c2)c(C=O)c1. The van der Waals surface area contributed by atoms with Gasteiger partial charge >= 0.3 is 0 Å². The predicted molar refractivity (Wildman–Crippen MR) is 93.0 cm³/mol. The fourth-order valence-electron chi connectivity index (χ4n) is 2.19. The fraction of sp³-hybridized carbons (Fsp3) is 0.263. The second-order valence-corrected chi connectivity index (χ2v) is 5.64. The number of carbonyl (C=O) groups excluding carboxylic acids is 2. The molecule has 1 amide bonds. The van der Waals surface area contributed by atoms with Crippen molar-refractivity contribution >= 4 is 17.9 Å². The van der Waals surface area contributed by atoms with Gasteiger partial charge in [-0.3, -0.25) is 9.59 Å². The molecule has 0 radical (unpaired) electrons. The van der Waals surface area contributed by atoms with E-state index in [4.69, 9.17) is 9.47 Å². The van der Waals surface area contributed by atoms with Gasteiger partial charge in [-0.1, -0.05) is 26.0 Å². The summed E-state index contributed by atoms with van der Waals surface area (Å²) in [6.45, 7) is 4.00. The summed E-state index contributed by atoms with van der Waals surface area (Å²) >= 11 is 0. The second kappa shape index (κ2) is 8.15. The summed E-state index contributed by atoms with van der Waals surface area (Å²) in [6, 6.07) is 12.5. The lowest BCUT2D eigenvalue weighted by Crippen LogP contribution is -2.20. The van der Waals surface area contributed by atoms with E-state index < -0.39 is 0 Å². The molecule has 0 atom stereocenters. The number of anilines is 1. The van der Waals surface area contributed by atoms with Crippen LogP contribution in [0.15, 0.2) is 42.5 Å². The van der Waals surface area contributed by atoms with E-state index in [1.54, 1.807) is 18.2 Å². The van der Waals surface area contributed by atoms with Crippen LogP contribution in [0.1, 0.15) is 35.7 Å². The van der Waals surface area contributed by atoms with Crippen LogP contribution in [-0.2, 0) is 4.79 Å². The van der Waals surface area contributed by atoms with Gasteiger partial charge in [-0.15, -0.1) is 0 Å². The van der Waals surface area contributed by atoms with Gasteiger partial charge in [0, 0.05) is 5.69 Å². The third-order valence-electron chi connectivity index (χ3n) is 3.54. The van der Waals surface area contributed by atoms with E-state index in [2.05, 4.69) is 19.2 Å². The van der Waals surface area contributed by atoms with Crippen molar-refractivity contribution < 1.29 is 19.1 Å². The summed E-state index contributed by atoms with van der Waals surface area (Å²) in [7, 11) is 1.52. The lowest BCUT2D eigenvalue weighted by molar-refractivity contribution is -0.118. The molecule has 0 aliphatic carbocycles. The molecule has 0 heterocycles. The van der Waals surface area contributed by atoms with Crippen molar-refractivity contribution in [3.63, 3.8) is 0 Å². The van der Waals surface area contributed by atoms with Crippen LogP contribution in [-0.4, -0.2) is 25.9 Å². The summed E-state index contributed by atoms with van der Waals surface area (Å²) in [5, 5.41) is 2.79. The van der Waals surface area contributed by atoms with Gasteiger partial charge in [0.15, 0.2) is 12.9 Å². The Morgan fingerprint density at radius 3 is 2.67 bits per heavy atom. The number of amides is 1.